The van der Waals surface area contributed by atoms with E-state index in [0.29, 0.717) is 26.3 Å². The highest BCUT2D eigenvalue weighted by Gasteiger charge is 2.26. The molecule has 0 aliphatic carbocycles. The first-order chi connectivity index (χ1) is 8.97. The van der Waals surface area contributed by atoms with E-state index in [1.165, 1.54) is 0 Å². The van der Waals surface area contributed by atoms with Gasteiger partial charge in [0.1, 0.15) is 6.04 Å². The minimum Gasteiger partial charge on any atom is -0.378 e. The summed E-state index contributed by atoms with van der Waals surface area (Å²) < 4.78 is 5.19. The molecule has 6 nitrogen and oxygen atoms in total. The van der Waals surface area contributed by atoms with Crippen molar-refractivity contribution < 1.29 is 14.3 Å². The standard InChI is InChI=1S/C13H25N3O3/c1-4-9(2)11(14)12(17)15-10(3)13(18)16-5-7-19-8-6-16/h9-11H,4-8,14H2,1-3H3,(H,15,17). The highest BCUT2D eigenvalue weighted by Crippen LogP contribution is 2.06. The zero-order valence-corrected chi connectivity index (χ0v) is 12.0. The smallest absolute Gasteiger partial charge is 0.245 e. The fourth-order valence-electron chi connectivity index (χ4n) is 1.94. The summed E-state index contributed by atoms with van der Waals surface area (Å²) in [5, 5.41) is 2.70. The lowest BCUT2D eigenvalue weighted by molar-refractivity contribution is -0.139. The molecule has 3 unspecified atom stereocenters. The van der Waals surface area contributed by atoms with Crippen molar-refractivity contribution in [2.75, 3.05) is 26.3 Å². The lowest BCUT2D eigenvalue weighted by Gasteiger charge is -2.30. The summed E-state index contributed by atoms with van der Waals surface area (Å²) in [5.41, 5.74) is 5.84. The maximum Gasteiger partial charge on any atom is 0.245 e. The Morgan fingerprint density at radius 2 is 1.89 bits per heavy atom. The van der Waals surface area contributed by atoms with Crippen molar-refractivity contribution in [2.24, 2.45) is 11.7 Å². The molecule has 3 N–H and O–H groups in total. The van der Waals surface area contributed by atoms with Crippen molar-refractivity contribution in [3.05, 3.63) is 0 Å². The van der Waals surface area contributed by atoms with E-state index in [1.807, 2.05) is 13.8 Å². The lowest BCUT2D eigenvalue weighted by atomic mass is 9.99. The Labute approximate surface area is 114 Å². The number of carbonyl (C=O) groups excluding carboxylic acids is 2. The van der Waals surface area contributed by atoms with Crippen LogP contribution in [-0.4, -0.2) is 55.1 Å². The third kappa shape index (κ3) is 4.47. The van der Waals surface area contributed by atoms with Crippen LogP contribution in [0, 0.1) is 5.92 Å². The highest BCUT2D eigenvalue weighted by atomic mass is 16.5. The molecule has 0 spiro atoms. The lowest BCUT2D eigenvalue weighted by Crippen LogP contribution is -2.54. The molecule has 1 saturated heterocycles. The number of amides is 2. The molecule has 1 aliphatic heterocycles. The molecule has 0 radical (unpaired) electrons. The number of ether oxygens (including phenoxy) is 1. The molecule has 1 fully saturated rings. The zero-order valence-electron chi connectivity index (χ0n) is 12.0. The van der Waals surface area contributed by atoms with Gasteiger partial charge in [-0.2, -0.15) is 0 Å². The number of nitrogens with one attached hydrogen (secondary N) is 1. The van der Waals surface area contributed by atoms with E-state index in [9.17, 15) is 9.59 Å². The third-order valence-corrected chi connectivity index (χ3v) is 3.61. The Morgan fingerprint density at radius 3 is 2.42 bits per heavy atom. The van der Waals surface area contributed by atoms with Gasteiger partial charge >= 0.3 is 0 Å². The average Bonchev–Trinajstić information content (AvgIpc) is 2.45. The molecule has 3 atom stereocenters. The molecule has 0 aromatic carbocycles. The van der Waals surface area contributed by atoms with Crippen molar-refractivity contribution in [1.82, 2.24) is 10.2 Å². The van der Waals surface area contributed by atoms with Gasteiger partial charge in [0.2, 0.25) is 11.8 Å². The van der Waals surface area contributed by atoms with Crippen LogP contribution in [0.25, 0.3) is 0 Å². The topological polar surface area (TPSA) is 84.7 Å². The number of hydrogen-bond donors (Lipinski definition) is 2. The maximum atomic E-state index is 12.1. The van der Waals surface area contributed by atoms with Gasteiger partial charge in [0.15, 0.2) is 0 Å². The Hall–Kier alpha value is -1.14. The molecule has 0 saturated carbocycles. The second kappa shape index (κ2) is 7.45. The summed E-state index contributed by atoms with van der Waals surface area (Å²) in [7, 11) is 0. The summed E-state index contributed by atoms with van der Waals surface area (Å²) in [6.07, 6.45) is 0.834. The monoisotopic (exact) mass is 271 g/mol. The second-order valence-electron chi connectivity index (χ2n) is 5.08. The van der Waals surface area contributed by atoms with Gasteiger partial charge in [0.25, 0.3) is 0 Å². The largest absolute Gasteiger partial charge is 0.378 e. The van der Waals surface area contributed by atoms with Crippen LogP contribution in [0.2, 0.25) is 0 Å². The van der Waals surface area contributed by atoms with E-state index in [2.05, 4.69) is 5.32 Å². The first-order valence-corrected chi connectivity index (χ1v) is 6.89. The number of nitrogens with zero attached hydrogens (tertiary/aromatic N) is 1. The van der Waals surface area contributed by atoms with Crippen LogP contribution in [-0.2, 0) is 14.3 Å². The fraction of sp³-hybridized carbons (Fsp3) is 0.846. The molecule has 0 aromatic heterocycles. The molecule has 1 rings (SSSR count). The third-order valence-electron chi connectivity index (χ3n) is 3.61. The molecule has 1 aliphatic rings. The number of rotatable bonds is 5. The SMILES string of the molecule is CCC(C)C(N)C(=O)NC(C)C(=O)N1CCOCC1. The minimum atomic E-state index is -0.565. The van der Waals surface area contributed by atoms with E-state index in [-0.39, 0.29) is 17.7 Å². The fourth-order valence-corrected chi connectivity index (χ4v) is 1.94. The second-order valence-corrected chi connectivity index (χ2v) is 5.08. The summed E-state index contributed by atoms with van der Waals surface area (Å²) in [5.74, 6) is -0.234. The van der Waals surface area contributed by atoms with Crippen LogP contribution < -0.4 is 11.1 Å². The van der Waals surface area contributed by atoms with Gasteiger partial charge in [-0.3, -0.25) is 9.59 Å². The number of nitrogens with two attached hydrogens (primary N) is 1. The number of morpholine rings is 1. The van der Waals surface area contributed by atoms with Gasteiger partial charge < -0.3 is 20.7 Å². The van der Waals surface area contributed by atoms with Crippen molar-refractivity contribution in [3.63, 3.8) is 0 Å². The normalized spacial score (nSPS) is 20.5. The van der Waals surface area contributed by atoms with Gasteiger partial charge in [0.05, 0.1) is 19.3 Å². The molecule has 19 heavy (non-hydrogen) atoms. The van der Waals surface area contributed by atoms with E-state index >= 15 is 0 Å². The Bertz CT molecular complexity index is 316. The summed E-state index contributed by atoms with van der Waals surface area (Å²) in [4.78, 5) is 25.7. The molecule has 0 aromatic rings. The molecule has 110 valence electrons. The van der Waals surface area contributed by atoms with Crippen molar-refractivity contribution in [3.8, 4) is 0 Å². The Morgan fingerprint density at radius 1 is 1.32 bits per heavy atom. The predicted octanol–water partition coefficient (Wildman–Crippen LogP) is -0.277. The van der Waals surface area contributed by atoms with Crippen LogP contribution in [0.5, 0.6) is 0 Å². The molecule has 2 amide bonds. The summed E-state index contributed by atoms with van der Waals surface area (Å²) in [6.45, 7) is 7.88. The first-order valence-electron chi connectivity index (χ1n) is 6.89. The van der Waals surface area contributed by atoms with Gasteiger partial charge in [-0.25, -0.2) is 0 Å². The van der Waals surface area contributed by atoms with Crippen LogP contribution >= 0.6 is 0 Å². The van der Waals surface area contributed by atoms with Gasteiger partial charge in [-0.1, -0.05) is 20.3 Å². The van der Waals surface area contributed by atoms with Crippen molar-refractivity contribution >= 4 is 11.8 Å². The van der Waals surface area contributed by atoms with E-state index in [0.717, 1.165) is 6.42 Å². The predicted molar refractivity (Wildman–Crippen MR) is 72.4 cm³/mol. The van der Waals surface area contributed by atoms with E-state index < -0.39 is 12.1 Å². The van der Waals surface area contributed by atoms with Crippen LogP contribution in [0.1, 0.15) is 27.2 Å². The van der Waals surface area contributed by atoms with Crippen molar-refractivity contribution in [1.29, 1.82) is 0 Å². The summed E-state index contributed by atoms with van der Waals surface area (Å²) in [6, 6.07) is -1.11. The molecular weight excluding hydrogens is 246 g/mol. The average molecular weight is 271 g/mol. The molecule has 0 bridgehead atoms. The number of carbonyl (C=O) groups is 2. The first kappa shape index (κ1) is 15.9. The highest BCUT2D eigenvalue weighted by molar-refractivity contribution is 5.89. The van der Waals surface area contributed by atoms with Crippen LogP contribution in [0.3, 0.4) is 0 Å². The van der Waals surface area contributed by atoms with Crippen LogP contribution in [0.15, 0.2) is 0 Å². The Balaban J connectivity index is 2.46. The van der Waals surface area contributed by atoms with Gasteiger partial charge in [-0.05, 0) is 12.8 Å². The molecule has 6 heteroatoms. The van der Waals surface area contributed by atoms with E-state index in [1.54, 1.807) is 11.8 Å². The minimum absolute atomic E-state index is 0.0759. The molecular formula is C13H25N3O3. The maximum absolute atomic E-state index is 12.1. The van der Waals surface area contributed by atoms with Gasteiger partial charge in [-0.15, -0.1) is 0 Å². The summed E-state index contributed by atoms with van der Waals surface area (Å²) >= 11 is 0. The Kier molecular flexibility index (Phi) is 6.24. The number of hydrogen-bond acceptors (Lipinski definition) is 4. The quantitative estimate of drug-likeness (QED) is 0.720. The van der Waals surface area contributed by atoms with Gasteiger partial charge in [0, 0.05) is 13.1 Å². The van der Waals surface area contributed by atoms with E-state index in [4.69, 9.17) is 10.5 Å². The zero-order chi connectivity index (χ0) is 14.4. The van der Waals surface area contributed by atoms with Crippen molar-refractivity contribution in [2.45, 2.75) is 39.3 Å². The molecule has 1 heterocycles. The van der Waals surface area contributed by atoms with Crippen LogP contribution in [0.4, 0.5) is 0 Å².